The van der Waals surface area contributed by atoms with Crippen molar-refractivity contribution in [2.75, 3.05) is 13.7 Å². The lowest BCUT2D eigenvalue weighted by molar-refractivity contribution is -0.385. The van der Waals surface area contributed by atoms with Crippen molar-refractivity contribution < 1.29 is 14.5 Å². The monoisotopic (exact) mass is 347 g/mol. The minimum Gasteiger partial charge on any atom is -0.383 e. The van der Waals surface area contributed by atoms with Crippen molar-refractivity contribution in [3.05, 3.63) is 61.8 Å². The number of hydrogen-bond acceptors (Lipinski definition) is 5. The number of nitrogens with zero attached hydrogens (tertiary/aromatic N) is 3. The van der Waals surface area contributed by atoms with Gasteiger partial charge in [0, 0.05) is 36.2 Å². The number of rotatable bonds is 7. The van der Waals surface area contributed by atoms with Gasteiger partial charge >= 0.3 is 0 Å². The molecule has 0 unspecified atom stereocenters. The van der Waals surface area contributed by atoms with Crippen LogP contribution in [-0.2, 0) is 11.3 Å². The Hall–Kier alpha value is -2.74. The maximum Gasteiger partial charge on any atom is 0.285 e. The minimum atomic E-state index is -0.598. The molecule has 25 heavy (non-hydrogen) atoms. The predicted octanol–water partition coefficient (Wildman–Crippen LogP) is 2.27. The third-order valence-electron chi connectivity index (χ3n) is 4.13. The van der Waals surface area contributed by atoms with Gasteiger partial charge in [0.25, 0.3) is 11.2 Å². The Morgan fingerprint density at radius 2 is 2.04 bits per heavy atom. The number of aryl methyl sites for hydroxylation is 1. The van der Waals surface area contributed by atoms with Crippen LogP contribution in [0.15, 0.2) is 29.2 Å². The first-order chi connectivity index (χ1) is 11.8. The van der Waals surface area contributed by atoms with E-state index in [2.05, 4.69) is 0 Å². The molecule has 2 rings (SSSR count). The summed E-state index contributed by atoms with van der Waals surface area (Å²) in [6.45, 7) is 5.98. The molecule has 8 nitrogen and oxygen atoms in total. The zero-order chi connectivity index (χ0) is 18.7. The van der Waals surface area contributed by atoms with Gasteiger partial charge < -0.3 is 13.9 Å². The average Bonchev–Trinajstić information content (AvgIpc) is 2.84. The van der Waals surface area contributed by atoms with Crippen molar-refractivity contribution in [1.82, 2.24) is 9.13 Å². The molecule has 2 aromatic heterocycles. The normalized spacial score (nSPS) is 12.2. The number of ketones is 1. The van der Waals surface area contributed by atoms with Gasteiger partial charge in [0.05, 0.1) is 30.3 Å². The number of nitro groups is 1. The smallest absolute Gasteiger partial charge is 0.285 e. The van der Waals surface area contributed by atoms with Crippen LogP contribution < -0.4 is 5.56 Å². The highest BCUT2D eigenvalue weighted by Gasteiger charge is 2.20. The maximum atomic E-state index is 12.6. The molecule has 0 fully saturated rings. The van der Waals surface area contributed by atoms with Crippen LogP contribution in [0.3, 0.4) is 0 Å². The van der Waals surface area contributed by atoms with Crippen LogP contribution in [0.1, 0.15) is 34.7 Å². The zero-order valence-electron chi connectivity index (χ0n) is 14.7. The lowest BCUT2D eigenvalue weighted by atomic mass is 10.1. The standard InChI is InChI=1S/C17H21N3O5/c1-11-7-15(13(3)19(11)12(2)10-25-4)16(21)9-18-8-14(20(23)24)5-6-17(18)22/h5-8,12H,9-10H2,1-4H3/t12-/m1/s1. The van der Waals surface area contributed by atoms with Gasteiger partial charge in [-0.2, -0.15) is 0 Å². The fourth-order valence-electron chi connectivity index (χ4n) is 3.04. The molecule has 0 aliphatic heterocycles. The summed E-state index contributed by atoms with van der Waals surface area (Å²) in [5, 5.41) is 10.8. The Bertz CT molecular complexity index is 866. The Morgan fingerprint density at radius 1 is 1.36 bits per heavy atom. The number of ether oxygens (including phenoxy) is 1. The van der Waals surface area contributed by atoms with Crippen molar-refractivity contribution in [2.45, 2.75) is 33.4 Å². The molecule has 2 aromatic rings. The number of hydrogen-bond donors (Lipinski definition) is 0. The summed E-state index contributed by atoms with van der Waals surface area (Å²) >= 11 is 0. The number of carbonyl (C=O) groups excluding carboxylic acids is 1. The summed E-state index contributed by atoms with van der Waals surface area (Å²) in [7, 11) is 1.62. The molecule has 134 valence electrons. The molecule has 0 aromatic carbocycles. The molecule has 0 bridgehead atoms. The average molecular weight is 347 g/mol. The molecule has 1 atom stereocenters. The number of carbonyl (C=O) groups is 1. The van der Waals surface area contributed by atoms with E-state index in [0.29, 0.717) is 12.2 Å². The fraction of sp³-hybridized carbons (Fsp3) is 0.412. The van der Waals surface area contributed by atoms with Gasteiger partial charge in [-0.15, -0.1) is 0 Å². The highest BCUT2D eigenvalue weighted by Crippen LogP contribution is 2.21. The van der Waals surface area contributed by atoms with Gasteiger partial charge in [0.2, 0.25) is 0 Å². The lowest BCUT2D eigenvalue weighted by Gasteiger charge is -2.17. The molecule has 0 saturated carbocycles. The molecule has 0 aliphatic rings. The van der Waals surface area contributed by atoms with Gasteiger partial charge in [-0.1, -0.05) is 0 Å². The molecule has 0 amide bonds. The molecule has 2 heterocycles. The molecular weight excluding hydrogens is 326 g/mol. The van der Waals surface area contributed by atoms with E-state index in [4.69, 9.17) is 4.74 Å². The van der Waals surface area contributed by atoms with Crippen molar-refractivity contribution in [3.63, 3.8) is 0 Å². The van der Waals surface area contributed by atoms with Crippen molar-refractivity contribution in [3.8, 4) is 0 Å². The van der Waals surface area contributed by atoms with Gasteiger partial charge in [0.15, 0.2) is 5.78 Å². The minimum absolute atomic E-state index is 0.0621. The quantitative estimate of drug-likeness (QED) is 0.435. The molecule has 0 spiro atoms. The summed E-state index contributed by atoms with van der Waals surface area (Å²) in [5.41, 5.74) is 1.51. The summed E-state index contributed by atoms with van der Waals surface area (Å²) < 4.78 is 8.24. The van der Waals surface area contributed by atoms with Gasteiger partial charge in [0.1, 0.15) is 0 Å². The molecule has 0 aliphatic carbocycles. The predicted molar refractivity (Wildman–Crippen MR) is 92.2 cm³/mol. The van der Waals surface area contributed by atoms with E-state index in [9.17, 15) is 19.7 Å². The zero-order valence-corrected chi connectivity index (χ0v) is 14.7. The van der Waals surface area contributed by atoms with E-state index in [0.717, 1.165) is 34.3 Å². The van der Waals surface area contributed by atoms with Gasteiger partial charge in [-0.05, 0) is 26.8 Å². The van der Waals surface area contributed by atoms with Crippen LogP contribution in [-0.4, -0.2) is 33.6 Å². The largest absolute Gasteiger partial charge is 0.383 e. The van der Waals surface area contributed by atoms with Crippen LogP contribution in [0, 0.1) is 24.0 Å². The Balaban J connectivity index is 2.34. The number of Topliss-reactive ketones (excluding diaryl/α,β-unsaturated/α-hetero) is 1. The summed E-state index contributed by atoms with van der Waals surface area (Å²) in [4.78, 5) is 34.8. The van der Waals surface area contributed by atoms with Crippen LogP contribution in [0.5, 0.6) is 0 Å². The number of aromatic nitrogens is 2. The molecule has 8 heteroatoms. The van der Waals surface area contributed by atoms with Crippen molar-refractivity contribution in [1.29, 1.82) is 0 Å². The van der Waals surface area contributed by atoms with E-state index < -0.39 is 10.5 Å². The van der Waals surface area contributed by atoms with E-state index in [1.807, 2.05) is 25.3 Å². The second kappa shape index (κ2) is 7.43. The Kier molecular flexibility index (Phi) is 5.53. The SMILES string of the molecule is COC[C@@H](C)n1c(C)cc(C(=O)Cn2cc([N+](=O)[O-])ccc2=O)c1C. The van der Waals surface area contributed by atoms with E-state index >= 15 is 0 Å². The van der Waals surface area contributed by atoms with Gasteiger partial charge in [-0.25, -0.2) is 0 Å². The first-order valence-electron chi connectivity index (χ1n) is 7.81. The van der Waals surface area contributed by atoms with Crippen LogP contribution in [0.25, 0.3) is 0 Å². The van der Waals surface area contributed by atoms with Crippen LogP contribution >= 0.6 is 0 Å². The van der Waals surface area contributed by atoms with E-state index in [1.165, 1.54) is 0 Å². The first kappa shape index (κ1) is 18.6. The second-order valence-electron chi connectivity index (χ2n) is 5.99. The number of pyridine rings is 1. The summed E-state index contributed by atoms with van der Waals surface area (Å²) in [5.74, 6) is -0.272. The maximum absolute atomic E-state index is 12.6. The van der Waals surface area contributed by atoms with E-state index in [-0.39, 0.29) is 24.1 Å². The fourth-order valence-corrected chi connectivity index (χ4v) is 3.04. The highest BCUT2D eigenvalue weighted by molar-refractivity contribution is 5.97. The first-order valence-corrected chi connectivity index (χ1v) is 7.81. The highest BCUT2D eigenvalue weighted by atomic mass is 16.6. The second-order valence-corrected chi connectivity index (χ2v) is 5.99. The van der Waals surface area contributed by atoms with Crippen LogP contribution in [0.4, 0.5) is 5.69 Å². The third-order valence-corrected chi connectivity index (χ3v) is 4.13. The van der Waals surface area contributed by atoms with Crippen LogP contribution in [0.2, 0.25) is 0 Å². The van der Waals surface area contributed by atoms with Gasteiger partial charge in [-0.3, -0.25) is 19.7 Å². The van der Waals surface area contributed by atoms with Crippen molar-refractivity contribution >= 4 is 11.5 Å². The molecular formula is C17H21N3O5. The summed E-state index contributed by atoms with van der Waals surface area (Å²) in [6, 6.07) is 4.05. The number of methoxy groups -OCH3 is 1. The lowest BCUT2D eigenvalue weighted by Crippen LogP contribution is -2.23. The summed E-state index contributed by atoms with van der Waals surface area (Å²) in [6.07, 6.45) is 1.09. The molecule has 0 N–H and O–H groups in total. The molecule has 0 radical (unpaired) electrons. The Labute approximate surface area is 144 Å². The van der Waals surface area contributed by atoms with Crippen molar-refractivity contribution in [2.24, 2.45) is 0 Å². The van der Waals surface area contributed by atoms with E-state index in [1.54, 1.807) is 13.2 Å². The Morgan fingerprint density at radius 3 is 2.64 bits per heavy atom. The third kappa shape index (κ3) is 3.85. The molecule has 0 saturated heterocycles. The topological polar surface area (TPSA) is 96.4 Å².